The zero-order valence-corrected chi connectivity index (χ0v) is 17.7. The SMILES string of the molecule is COc1cccc(CNC(=O)Cc2cc(=O)[nH]c(SCC(=O)NC3CCCC3)n2)c1. The summed E-state index contributed by atoms with van der Waals surface area (Å²) >= 11 is 1.16. The van der Waals surface area contributed by atoms with Crippen molar-refractivity contribution in [3.05, 3.63) is 51.9 Å². The number of hydrogen-bond acceptors (Lipinski definition) is 6. The Morgan fingerprint density at radius 3 is 2.80 bits per heavy atom. The van der Waals surface area contributed by atoms with E-state index < -0.39 is 0 Å². The Balaban J connectivity index is 1.50. The molecule has 9 heteroatoms. The van der Waals surface area contributed by atoms with Gasteiger partial charge in [-0.05, 0) is 30.5 Å². The van der Waals surface area contributed by atoms with E-state index in [2.05, 4.69) is 20.6 Å². The molecule has 0 saturated heterocycles. The maximum atomic E-state index is 12.3. The number of H-pyrrole nitrogens is 1. The molecule has 0 unspecified atom stereocenters. The highest BCUT2D eigenvalue weighted by atomic mass is 32.2. The molecule has 0 bridgehead atoms. The van der Waals surface area contributed by atoms with Crippen LogP contribution in [0.15, 0.2) is 40.3 Å². The average Bonchev–Trinajstić information content (AvgIpc) is 3.23. The van der Waals surface area contributed by atoms with E-state index in [-0.39, 0.29) is 35.6 Å². The van der Waals surface area contributed by atoms with Gasteiger partial charge in [-0.1, -0.05) is 36.7 Å². The third kappa shape index (κ3) is 6.91. The molecule has 3 N–H and O–H groups in total. The zero-order chi connectivity index (χ0) is 21.3. The zero-order valence-electron chi connectivity index (χ0n) is 16.9. The van der Waals surface area contributed by atoms with Gasteiger partial charge in [0.25, 0.3) is 5.56 Å². The van der Waals surface area contributed by atoms with Crippen LogP contribution in [-0.4, -0.2) is 40.7 Å². The largest absolute Gasteiger partial charge is 0.497 e. The van der Waals surface area contributed by atoms with E-state index in [1.54, 1.807) is 7.11 Å². The van der Waals surface area contributed by atoms with Gasteiger partial charge in [0.15, 0.2) is 5.16 Å². The number of rotatable bonds is 9. The van der Waals surface area contributed by atoms with E-state index in [1.807, 2.05) is 24.3 Å². The standard InChI is InChI=1S/C21H26N4O4S/c1-29-17-8-4-5-14(9-17)12-22-18(26)10-16-11-19(27)25-21(24-16)30-13-20(28)23-15-6-2-3-7-15/h4-5,8-9,11,15H,2-3,6-7,10,12-13H2,1H3,(H,22,26)(H,23,28)(H,24,25,27). The van der Waals surface area contributed by atoms with Crippen LogP contribution < -0.4 is 20.9 Å². The van der Waals surface area contributed by atoms with Gasteiger partial charge in [-0.3, -0.25) is 14.4 Å². The van der Waals surface area contributed by atoms with Crippen molar-refractivity contribution < 1.29 is 14.3 Å². The second kappa shape index (κ2) is 10.8. The lowest BCUT2D eigenvalue weighted by Crippen LogP contribution is -2.34. The van der Waals surface area contributed by atoms with Crippen LogP contribution in [0.5, 0.6) is 5.75 Å². The molecule has 1 heterocycles. The molecule has 0 atom stereocenters. The van der Waals surface area contributed by atoms with E-state index in [9.17, 15) is 14.4 Å². The number of nitrogens with zero attached hydrogens (tertiary/aromatic N) is 1. The molecule has 3 rings (SSSR count). The van der Waals surface area contributed by atoms with E-state index in [0.717, 1.165) is 48.8 Å². The predicted octanol–water partition coefficient (Wildman–Crippen LogP) is 1.79. The monoisotopic (exact) mass is 430 g/mol. The molecular weight excluding hydrogens is 404 g/mol. The minimum Gasteiger partial charge on any atom is -0.497 e. The Kier molecular flexibility index (Phi) is 7.89. The number of methoxy groups -OCH3 is 1. The van der Waals surface area contributed by atoms with Crippen molar-refractivity contribution in [1.82, 2.24) is 20.6 Å². The molecule has 0 radical (unpaired) electrons. The lowest BCUT2D eigenvalue weighted by atomic mass is 10.2. The van der Waals surface area contributed by atoms with Crippen molar-refractivity contribution in [2.75, 3.05) is 12.9 Å². The third-order valence-electron chi connectivity index (χ3n) is 4.80. The lowest BCUT2D eigenvalue weighted by molar-refractivity contribution is -0.121. The number of hydrogen-bond donors (Lipinski definition) is 3. The van der Waals surface area contributed by atoms with Crippen LogP contribution in [0.4, 0.5) is 0 Å². The van der Waals surface area contributed by atoms with Crippen LogP contribution in [0.2, 0.25) is 0 Å². The Labute approximate surface area is 179 Å². The van der Waals surface area contributed by atoms with Crippen LogP contribution in [-0.2, 0) is 22.6 Å². The number of amides is 2. The summed E-state index contributed by atoms with van der Waals surface area (Å²) in [6.07, 6.45) is 4.32. The highest BCUT2D eigenvalue weighted by Crippen LogP contribution is 2.18. The fraction of sp³-hybridized carbons (Fsp3) is 0.429. The van der Waals surface area contributed by atoms with Gasteiger partial charge in [-0.15, -0.1) is 0 Å². The summed E-state index contributed by atoms with van der Waals surface area (Å²) in [5.41, 5.74) is 0.922. The summed E-state index contributed by atoms with van der Waals surface area (Å²) in [6, 6.07) is 8.97. The summed E-state index contributed by atoms with van der Waals surface area (Å²) in [5.74, 6) is 0.573. The van der Waals surface area contributed by atoms with Gasteiger partial charge in [-0.25, -0.2) is 4.98 Å². The summed E-state index contributed by atoms with van der Waals surface area (Å²) < 4.78 is 5.17. The second-order valence-electron chi connectivity index (χ2n) is 7.18. The number of benzene rings is 1. The molecule has 30 heavy (non-hydrogen) atoms. The number of ether oxygens (including phenoxy) is 1. The molecule has 1 aliphatic rings. The molecule has 1 aliphatic carbocycles. The van der Waals surface area contributed by atoms with E-state index >= 15 is 0 Å². The third-order valence-corrected chi connectivity index (χ3v) is 5.67. The maximum Gasteiger partial charge on any atom is 0.251 e. The Morgan fingerprint density at radius 1 is 1.23 bits per heavy atom. The quantitative estimate of drug-likeness (QED) is 0.413. The summed E-state index contributed by atoms with van der Waals surface area (Å²) in [4.78, 5) is 43.1. The molecular formula is C21H26N4O4S. The summed E-state index contributed by atoms with van der Waals surface area (Å²) in [6.45, 7) is 0.349. The van der Waals surface area contributed by atoms with Crippen molar-refractivity contribution in [3.63, 3.8) is 0 Å². The molecule has 2 aromatic rings. The molecule has 1 aromatic heterocycles. The van der Waals surface area contributed by atoms with Gasteiger partial charge in [0, 0.05) is 18.7 Å². The van der Waals surface area contributed by atoms with Gasteiger partial charge in [0.2, 0.25) is 11.8 Å². The van der Waals surface area contributed by atoms with E-state index in [0.29, 0.717) is 17.4 Å². The number of aromatic nitrogens is 2. The van der Waals surface area contributed by atoms with E-state index in [4.69, 9.17) is 4.74 Å². The van der Waals surface area contributed by atoms with Crippen molar-refractivity contribution in [1.29, 1.82) is 0 Å². The molecule has 0 spiro atoms. The number of carbonyl (C=O) groups excluding carboxylic acids is 2. The highest BCUT2D eigenvalue weighted by Gasteiger charge is 2.17. The number of aromatic amines is 1. The minimum absolute atomic E-state index is 0.0181. The number of thioether (sulfide) groups is 1. The fourth-order valence-corrected chi connectivity index (χ4v) is 4.03. The number of nitrogens with one attached hydrogen (secondary N) is 3. The Hall–Kier alpha value is -2.81. The molecule has 160 valence electrons. The van der Waals surface area contributed by atoms with Gasteiger partial charge in [-0.2, -0.15) is 0 Å². The van der Waals surface area contributed by atoms with Crippen molar-refractivity contribution >= 4 is 23.6 Å². The van der Waals surface area contributed by atoms with Crippen LogP contribution in [0, 0.1) is 0 Å². The molecule has 0 aliphatic heterocycles. The van der Waals surface area contributed by atoms with Crippen LogP contribution in [0.3, 0.4) is 0 Å². The molecule has 1 fully saturated rings. The smallest absolute Gasteiger partial charge is 0.251 e. The van der Waals surface area contributed by atoms with Gasteiger partial charge < -0.3 is 20.4 Å². The first-order valence-electron chi connectivity index (χ1n) is 9.94. The predicted molar refractivity (Wildman–Crippen MR) is 115 cm³/mol. The normalized spacial score (nSPS) is 13.8. The molecule has 8 nitrogen and oxygen atoms in total. The van der Waals surface area contributed by atoms with Crippen molar-refractivity contribution in [3.8, 4) is 5.75 Å². The highest BCUT2D eigenvalue weighted by molar-refractivity contribution is 7.99. The summed E-state index contributed by atoms with van der Waals surface area (Å²) in [7, 11) is 1.59. The molecule has 1 aromatic carbocycles. The Morgan fingerprint density at radius 2 is 2.03 bits per heavy atom. The second-order valence-corrected chi connectivity index (χ2v) is 8.15. The first-order valence-corrected chi connectivity index (χ1v) is 10.9. The van der Waals surface area contributed by atoms with Crippen LogP contribution >= 0.6 is 11.8 Å². The fourth-order valence-electron chi connectivity index (χ4n) is 3.33. The van der Waals surface area contributed by atoms with Crippen molar-refractivity contribution in [2.24, 2.45) is 0 Å². The minimum atomic E-state index is -0.348. The average molecular weight is 431 g/mol. The van der Waals surface area contributed by atoms with Crippen LogP contribution in [0.25, 0.3) is 0 Å². The van der Waals surface area contributed by atoms with Crippen LogP contribution in [0.1, 0.15) is 36.9 Å². The van der Waals surface area contributed by atoms with Crippen molar-refractivity contribution in [2.45, 2.75) is 49.8 Å². The molecule has 1 saturated carbocycles. The maximum absolute atomic E-state index is 12.3. The first kappa shape index (κ1) is 21.9. The topological polar surface area (TPSA) is 113 Å². The molecule has 2 amide bonds. The van der Waals surface area contributed by atoms with Gasteiger partial charge in [0.1, 0.15) is 5.75 Å². The van der Waals surface area contributed by atoms with Gasteiger partial charge in [0.05, 0.1) is 25.0 Å². The summed E-state index contributed by atoms with van der Waals surface area (Å²) in [5, 5.41) is 6.14. The first-order chi connectivity index (χ1) is 14.5. The lowest BCUT2D eigenvalue weighted by Gasteiger charge is -2.11. The number of carbonyl (C=O) groups is 2. The van der Waals surface area contributed by atoms with E-state index in [1.165, 1.54) is 6.07 Å². The van der Waals surface area contributed by atoms with Gasteiger partial charge >= 0.3 is 0 Å². The Bertz CT molecular complexity index is 941.